The van der Waals surface area contributed by atoms with Crippen molar-refractivity contribution >= 4 is 23.5 Å². The number of hydrogen-bond donors (Lipinski definition) is 3. The summed E-state index contributed by atoms with van der Waals surface area (Å²) in [4.78, 5) is 17.6. The van der Waals surface area contributed by atoms with E-state index in [1.165, 1.54) is 0 Å². The van der Waals surface area contributed by atoms with Crippen LogP contribution in [0.5, 0.6) is 0 Å². The predicted octanol–water partition coefficient (Wildman–Crippen LogP) is 8.61. The van der Waals surface area contributed by atoms with Crippen molar-refractivity contribution < 1.29 is 49.4 Å². The number of carboxylic acids is 1. The van der Waals surface area contributed by atoms with Crippen LogP contribution in [0.15, 0.2) is 29.4 Å². The van der Waals surface area contributed by atoms with Gasteiger partial charge in [-0.15, -0.1) is 11.8 Å². The van der Waals surface area contributed by atoms with Gasteiger partial charge in [0.2, 0.25) is 0 Å². The number of aryl methyl sites for hydroxylation is 1. The maximum atomic E-state index is 12.8. The molecule has 0 bridgehead atoms. The molecule has 0 saturated carbocycles. The van der Waals surface area contributed by atoms with Crippen LogP contribution in [-0.4, -0.2) is 46.1 Å². The first kappa shape index (κ1) is 38.3. The third kappa shape index (κ3) is 15.5. The molecule has 0 atom stereocenters. The highest BCUT2D eigenvalue weighted by Gasteiger charge is 2.33. The number of anilines is 1. The second-order valence-corrected chi connectivity index (χ2v) is 10.7. The first-order valence-corrected chi connectivity index (χ1v) is 14.5. The van der Waals surface area contributed by atoms with Crippen LogP contribution in [0.25, 0.3) is 0 Å². The maximum absolute atomic E-state index is 12.8. The first-order chi connectivity index (χ1) is 20.0. The lowest BCUT2D eigenvalue weighted by molar-refractivity contribution is -0.138. The summed E-state index contributed by atoms with van der Waals surface area (Å²) < 4.78 is 113. The van der Waals surface area contributed by atoms with Crippen molar-refractivity contribution in [3.8, 4) is 0 Å². The number of halogens is 9. The van der Waals surface area contributed by atoms with Crippen molar-refractivity contribution in [1.82, 2.24) is 9.97 Å². The van der Waals surface area contributed by atoms with Crippen molar-refractivity contribution in [3.05, 3.63) is 46.9 Å². The molecule has 6 nitrogen and oxygen atoms in total. The SMILES string of the molecule is CCSc1cc(C(F)(F)F)cnc1C(=O)O.NCCCCCCCCCCc1cc(C(F)(F)F)cnc1NCC(F)(F)F. The molecule has 0 fully saturated rings. The topological polar surface area (TPSA) is 101 Å². The van der Waals surface area contributed by atoms with E-state index in [2.05, 4.69) is 15.3 Å². The zero-order valence-corrected chi connectivity index (χ0v) is 24.2. The molecule has 2 aromatic rings. The summed E-state index contributed by atoms with van der Waals surface area (Å²) in [5.41, 5.74) is 3.35. The molecular formula is C27H35F9N4O2S. The summed E-state index contributed by atoms with van der Waals surface area (Å²) >= 11 is 1.02. The summed E-state index contributed by atoms with van der Waals surface area (Å²) in [6.45, 7) is 1.08. The zero-order valence-electron chi connectivity index (χ0n) is 23.4. The molecule has 0 spiro atoms. The van der Waals surface area contributed by atoms with Crippen LogP contribution in [0.4, 0.5) is 45.3 Å². The molecule has 2 aromatic heterocycles. The van der Waals surface area contributed by atoms with Gasteiger partial charge in [0.05, 0.1) is 11.1 Å². The number of aromatic nitrogens is 2. The first-order valence-electron chi connectivity index (χ1n) is 13.5. The normalized spacial score (nSPS) is 12.1. The lowest BCUT2D eigenvalue weighted by atomic mass is 10.0. The largest absolute Gasteiger partial charge is 0.476 e. The van der Waals surface area contributed by atoms with Crippen LogP contribution in [0.1, 0.15) is 85.5 Å². The van der Waals surface area contributed by atoms with Crippen molar-refractivity contribution in [2.24, 2.45) is 5.73 Å². The van der Waals surface area contributed by atoms with Crippen LogP contribution < -0.4 is 11.1 Å². The fourth-order valence-corrected chi connectivity index (χ4v) is 4.54. The number of unbranched alkanes of at least 4 members (excludes halogenated alkanes) is 7. The number of alkyl halides is 9. The number of carboxylic acid groups (broad SMARTS) is 1. The van der Waals surface area contributed by atoms with Crippen LogP contribution in [0.3, 0.4) is 0 Å². The average molecular weight is 651 g/mol. The number of thioether (sulfide) groups is 1. The third-order valence-electron chi connectivity index (χ3n) is 5.83. The van der Waals surface area contributed by atoms with Crippen LogP contribution >= 0.6 is 11.8 Å². The third-order valence-corrected chi connectivity index (χ3v) is 6.74. The number of pyridine rings is 2. The van der Waals surface area contributed by atoms with Crippen LogP contribution in [0.2, 0.25) is 0 Å². The fraction of sp³-hybridized carbons (Fsp3) is 0.593. The van der Waals surface area contributed by atoms with Crippen LogP contribution in [0, 0.1) is 0 Å². The lowest BCUT2D eigenvalue weighted by Crippen LogP contribution is -2.22. The minimum atomic E-state index is -4.58. The Morgan fingerprint density at radius 3 is 1.84 bits per heavy atom. The van der Waals surface area contributed by atoms with Gasteiger partial charge in [-0.25, -0.2) is 14.8 Å². The summed E-state index contributed by atoms with van der Waals surface area (Å²) in [6, 6.07) is 1.70. The summed E-state index contributed by atoms with van der Waals surface area (Å²) in [7, 11) is 0. The molecule has 2 rings (SSSR count). The summed E-state index contributed by atoms with van der Waals surface area (Å²) in [5, 5.41) is 10.8. The van der Waals surface area contributed by atoms with Crippen LogP contribution in [-0.2, 0) is 18.8 Å². The summed E-state index contributed by atoms with van der Waals surface area (Å²) in [6.07, 6.45) is -4.51. The maximum Gasteiger partial charge on any atom is 0.417 e. The monoisotopic (exact) mass is 650 g/mol. The number of rotatable bonds is 15. The molecule has 0 unspecified atom stereocenters. The molecule has 0 saturated heterocycles. The van der Waals surface area contributed by atoms with E-state index in [0.29, 0.717) is 31.1 Å². The predicted molar refractivity (Wildman–Crippen MR) is 146 cm³/mol. The Bertz CT molecular complexity index is 1130. The molecule has 0 radical (unpaired) electrons. The minimum absolute atomic E-state index is 0.0322. The number of hydrogen-bond acceptors (Lipinski definition) is 6. The Morgan fingerprint density at radius 1 is 0.837 bits per heavy atom. The highest BCUT2D eigenvalue weighted by Crippen LogP contribution is 2.33. The molecule has 16 heteroatoms. The highest BCUT2D eigenvalue weighted by atomic mass is 32.2. The Labute approximate surface area is 248 Å². The van der Waals surface area contributed by atoms with Gasteiger partial charge < -0.3 is 16.2 Å². The molecule has 0 aliphatic heterocycles. The molecular weight excluding hydrogens is 615 g/mol. The van der Waals surface area contributed by atoms with Crippen molar-refractivity contribution in [3.63, 3.8) is 0 Å². The van der Waals surface area contributed by atoms with E-state index in [-0.39, 0.29) is 28.4 Å². The smallest absolute Gasteiger partial charge is 0.417 e. The van der Waals surface area contributed by atoms with E-state index in [1.54, 1.807) is 6.92 Å². The van der Waals surface area contributed by atoms with E-state index in [9.17, 15) is 44.3 Å². The Balaban J connectivity index is 0.000000490. The van der Waals surface area contributed by atoms with Gasteiger partial charge in [-0.3, -0.25) is 0 Å². The lowest BCUT2D eigenvalue weighted by Gasteiger charge is -2.15. The standard InChI is InChI=1S/C18H27F6N3.C9H8F3NO2S/c19-17(20,21)13-27-16-14(11-15(12-26-16)18(22,23)24)9-7-5-3-1-2-4-6-8-10-25;1-2-16-6-3-5(9(10,11)12)4-13-7(6)8(14)15/h11-12H,1-10,13,25H2,(H,26,27);3-4H,2H2,1H3,(H,14,15). The molecule has 244 valence electrons. The summed E-state index contributed by atoms with van der Waals surface area (Å²) in [5.74, 6) is -0.990. The average Bonchev–Trinajstić information content (AvgIpc) is 2.90. The van der Waals surface area contributed by atoms with E-state index in [1.807, 2.05) is 0 Å². The van der Waals surface area contributed by atoms with Gasteiger partial charge in [0.25, 0.3) is 0 Å². The van der Waals surface area contributed by atoms with Gasteiger partial charge in [0.1, 0.15) is 12.4 Å². The van der Waals surface area contributed by atoms with Crippen molar-refractivity contribution in [2.45, 2.75) is 88.1 Å². The number of nitrogens with zero attached hydrogens (tertiary/aromatic N) is 2. The fourth-order valence-electron chi connectivity index (χ4n) is 3.75. The molecule has 43 heavy (non-hydrogen) atoms. The Hall–Kier alpha value is -2.75. The molecule has 0 aliphatic carbocycles. The van der Waals surface area contributed by atoms with Crippen molar-refractivity contribution in [1.29, 1.82) is 0 Å². The van der Waals surface area contributed by atoms with E-state index < -0.39 is 42.2 Å². The van der Waals surface area contributed by atoms with E-state index in [4.69, 9.17) is 10.8 Å². The second-order valence-electron chi connectivity index (χ2n) is 9.37. The van der Waals surface area contributed by atoms with Gasteiger partial charge >= 0.3 is 24.5 Å². The quantitative estimate of drug-likeness (QED) is 0.101. The van der Waals surface area contributed by atoms with Gasteiger partial charge in [-0.2, -0.15) is 39.5 Å². The number of carbonyl (C=O) groups is 1. The van der Waals surface area contributed by atoms with Crippen molar-refractivity contribution in [2.75, 3.05) is 24.2 Å². The second kappa shape index (κ2) is 18.1. The van der Waals surface area contributed by atoms with Gasteiger partial charge in [-0.1, -0.05) is 45.4 Å². The molecule has 0 amide bonds. The molecule has 2 heterocycles. The number of nitrogens with two attached hydrogens (primary N) is 1. The van der Waals surface area contributed by atoms with E-state index >= 15 is 0 Å². The van der Waals surface area contributed by atoms with Gasteiger partial charge in [-0.05, 0) is 49.3 Å². The molecule has 0 aromatic carbocycles. The molecule has 0 aliphatic rings. The Kier molecular flexibility index (Phi) is 16.2. The number of nitrogens with one attached hydrogen (secondary N) is 1. The minimum Gasteiger partial charge on any atom is -0.476 e. The van der Waals surface area contributed by atoms with E-state index in [0.717, 1.165) is 68.8 Å². The molecule has 4 N–H and O–H groups in total. The number of aromatic carboxylic acids is 1. The van der Waals surface area contributed by atoms with Gasteiger partial charge in [0.15, 0.2) is 5.69 Å². The zero-order chi connectivity index (χ0) is 32.7. The van der Waals surface area contributed by atoms with Gasteiger partial charge in [0, 0.05) is 17.3 Å². The highest BCUT2D eigenvalue weighted by molar-refractivity contribution is 7.99. The Morgan fingerprint density at radius 2 is 1.35 bits per heavy atom.